The second-order valence-electron chi connectivity index (χ2n) is 3.72. The van der Waals surface area contributed by atoms with Gasteiger partial charge in [-0.05, 0) is 36.2 Å². The maximum Gasteiger partial charge on any atom is 0.269 e. The van der Waals surface area contributed by atoms with E-state index in [9.17, 15) is 4.79 Å². The molecule has 1 aromatic carbocycles. The lowest BCUT2D eigenvalue weighted by molar-refractivity contribution is 0.103. The summed E-state index contributed by atoms with van der Waals surface area (Å²) >= 11 is 6.96. The molecule has 1 heterocycles. The zero-order chi connectivity index (χ0) is 13.7. The molecule has 0 spiro atoms. The van der Waals surface area contributed by atoms with E-state index in [1.165, 1.54) is 6.20 Å². The summed E-state index contributed by atoms with van der Waals surface area (Å²) in [5, 5.41) is 6.90. The van der Waals surface area contributed by atoms with E-state index >= 15 is 0 Å². The predicted molar refractivity (Wildman–Crippen MR) is 75.1 cm³/mol. The third kappa shape index (κ3) is 3.65. The van der Waals surface area contributed by atoms with Gasteiger partial charge in [0.1, 0.15) is 10.6 Å². The van der Waals surface area contributed by atoms with Crippen molar-refractivity contribution in [3.8, 4) is 5.75 Å². The van der Waals surface area contributed by atoms with Gasteiger partial charge in [-0.3, -0.25) is 4.79 Å². The number of nitrogens with zero attached hydrogens (tertiary/aromatic N) is 2. The van der Waals surface area contributed by atoms with Crippen LogP contribution in [0.1, 0.15) is 23.0 Å². The van der Waals surface area contributed by atoms with E-state index < -0.39 is 0 Å². The predicted octanol–water partition coefficient (Wildman–Crippen LogP) is 3.23. The molecule has 2 rings (SSSR count). The number of nitrogens with one attached hydrogen (secondary N) is 1. The topological polar surface area (TPSA) is 64.1 Å². The molecular formula is C12H12ClN3O2S. The number of amides is 1. The van der Waals surface area contributed by atoms with Gasteiger partial charge in [0.05, 0.1) is 18.5 Å². The molecule has 0 aliphatic heterocycles. The van der Waals surface area contributed by atoms with Gasteiger partial charge < -0.3 is 10.1 Å². The Balaban J connectivity index is 2.18. The second kappa shape index (κ2) is 6.49. The Morgan fingerprint density at radius 1 is 1.53 bits per heavy atom. The number of hydrogen-bond donors (Lipinski definition) is 1. The van der Waals surface area contributed by atoms with Gasteiger partial charge in [0.25, 0.3) is 5.91 Å². The Morgan fingerprint density at radius 3 is 3.05 bits per heavy atom. The first-order valence-corrected chi connectivity index (χ1v) is 6.87. The van der Waals surface area contributed by atoms with Crippen LogP contribution in [0.15, 0.2) is 24.4 Å². The molecule has 0 atom stereocenters. The van der Waals surface area contributed by atoms with Crippen molar-refractivity contribution in [2.45, 2.75) is 13.3 Å². The largest absolute Gasteiger partial charge is 0.491 e. The lowest BCUT2D eigenvalue weighted by atomic mass is 10.3. The smallest absolute Gasteiger partial charge is 0.269 e. The van der Waals surface area contributed by atoms with Crippen molar-refractivity contribution in [1.29, 1.82) is 0 Å². The molecule has 1 N–H and O–H groups in total. The van der Waals surface area contributed by atoms with Crippen LogP contribution in [0.3, 0.4) is 0 Å². The molecule has 0 radical (unpaired) electrons. The van der Waals surface area contributed by atoms with Crippen molar-refractivity contribution in [2.75, 3.05) is 11.9 Å². The summed E-state index contributed by atoms with van der Waals surface area (Å²) < 4.78 is 9.21. The summed E-state index contributed by atoms with van der Waals surface area (Å²) in [6.45, 7) is 2.59. The van der Waals surface area contributed by atoms with Gasteiger partial charge in [-0.1, -0.05) is 23.0 Å². The number of halogens is 1. The van der Waals surface area contributed by atoms with E-state index in [4.69, 9.17) is 16.3 Å². The SMILES string of the molecule is CCCOc1ccc(Cl)cc1NC(=O)c1cnns1. The molecule has 1 aromatic heterocycles. The molecule has 5 nitrogen and oxygen atoms in total. The minimum atomic E-state index is -0.279. The van der Waals surface area contributed by atoms with Crippen molar-refractivity contribution in [3.05, 3.63) is 34.3 Å². The first kappa shape index (κ1) is 13.8. The van der Waals surface area contributed by atoms with Crippen LogP contribution in [0, 0.1) is 0 Å². The number of carbonyl (C=O) groups excluding carboxylic acids is 1. The Hall–Kier alpha value is -1.66. The third-order valence-corrected chi connectivity index (χ3v) is 3.14. The fourth-order valence-corrected chi connectivity index (χ4v) is 1.97. The van der Waals surface area contributed by atoms with Crippen LogP contribution in [0.2, 0.25) is 5.02 Å². The molecule has 0 unspecified atom stereocenters. The number of hydrogen-bond acceptors (Lipinski definition) is 5. The monoisotopic (exact) mass is 297 g/mol. The van der Waals surface area contributed by atoms with Crippen LogP contribution in [-0.4, -0.2) is 22.1 Å². The number of benzene rings is 1. The number of ether oxygens (including phenoxy) is 1. The Bertz CT molecular complexity index is 560. The molecule has 7 heteroatoms. The average molecular weight is 298 g/mol. The summed E-state index contributed by atoms with van der Waals surface area (Å²) in [4.78, 5) is 12.4. The molecule has 0 aliphatic carbocycles. The molecule has 0 saturated heterocycles. The van der Waals surface area contributed by atoms with Gasteiger partial charge in [0.2, 0.25) is 0 Å². The lowest BCUT2D eigenvalue weighted by Crippen LogP contribution is -2.11. The van der Waals surface area contributed by atoms with E-state index in [1.807, 2.05) is 6.92 Å². The second-order valence-corrected chi connectivity index (χ2v) is 4.95. The molecule has 1 amide bonds. The lowest BCUT2D eigenvalue weighted by Gasteiger charge is -2.11. The highest BCUT2D eigenvalue weighted by Gasteiger charge is 2.12. The third-order valence-electron chi connectivity index (χ3n) is 2.24. The highest BCUT2D eigenvalue weighted by molar-refractivity contribution is 7.07. The van der Waals surface area contributed by atoms with Crippen LogP contribution in [0.4, 0.5) is 5.69 Å². The van der Waals surface area contributed by atoms with E-state index in [-0.39, 0.29) is 5.91 Å². The normalized spacial score (nSPS) is 10.2. The van der Waals surface area contributed by atoms with Gasteiger partial charge in [0, 0.05) is 5.02 Å². The van der Waals surface area contributed by atoms with Crippen LogP contribution < -0.4 is 10.1 Å². The van der Waals surface area contributed by atoms with Crippen molar-refractivity contribution >= 4 is 34.7 Å². The summed E-state index contributed by atoms with van der Waals surface area (Å²) in [7, 11) is 0. The minimum absolute atomic E-state index is 0.279. The van der Waals surface area contributed by atoms with Gasteiger partial charge in [-0.2, -0.15) is 0 Å². The van der Waals surface area contributed by atoms with Crippen molar-refractivity contribution < 1.29 is 9.53 Å². The maximum absolute atomic E-state index is 11.9. The fourth-order valence-electron chi connectivity index (χ4n) is 1.39. The molecule has 0 saturated carbocycles. The van der Waals surface area contributed by atoms with Crippen molar-refractivity contribution in [1.82, 2.24) is 9.59 Å². The number of anilines is 1. The zero-order valence-electron chi connectivity index (χ0n) is 10.2. The molecule has 19 heavy (non-hydrogen) atoms. The number of rotatable bonds is 5. The Kier molecular flexibility index (Phi) is 4.70. The van der Waals surface area contributed by atoms with E-state index in [0.717, 1.165) is 18.0 Å². The zero-order valence-corrected chi connectivity index (χ0v) is 11.8. The average Bonchev–Trinajstić information content (AvgIpc) is 2.92. The first-order valence-electron chi connectivity index (χ1n) is 5.71. The van der Waals surface area contributed by atoms with E-state index in [2.05, 4.69) is 14.9 Å². The molecule has 2 aromatic rings. The van der Waals surface area contributed by atoms with Crippen LogP contribution in [0.5, 0.6) is 5.75 Å². The Morgan fingerprint density at radius 2 is 2.37 bits per heavy atom. The summed E-state index contributed by atoms with van der Waals surface area (Å²) in [6, 6.07) is 5.11. The maximum atomic E-state index is 11.9. The molecule has 0 fully saturated rings. The Labute approximate surface area is 119 Å². The minimum Gasteiger partial charge on any atom is -0.491 e. The van der Waals surface area contributed by atoms with Crippen LogP contribution in [0.25, 0.3) is 0 Å². The highest BCUT2D eigenvalue weighted by Crippen LogP contribution is 2.28. The van der Waals surface area contributed by atoms with E-state index in [0.29, 0.717) is 27.9 Å². The summed E-state index contributed by atoms with van der Waals surface area (Å²) in [6.07, 6.45) is 2.30. The molecule has 100 valence electrons. The van der Waals surface area contributed by atoms with Gasteiger partial charge in [-0.25, -0.2) is 0 Å². The molecule has 0 bridgehead atoms. The van der Waals surface area contributed by atoms with Gasteiger partial charge in [0.15, 0.2) is 0 Å². The molecular weight excluding hydrogens is 286 g/mol. The van der Waals surface area contributed by atoms with Gasteiger partial charge in [-0.15, -0.1) is 5.10 Å². The van der Waals surface area contributed by atoms with E-state index in [1.54, 1.807) is 18.2 Å². The standard InChI is InChI=1S/C12H12ClN3O2S/c1-2-5-18-10-4-3-8(13)6-9(10)15-12(17)11-7-14-16-19-11/h3-4,6-7H,2,5H2,1H3,(H,15,17). The van der Waals surface area contributed by atoms with Crippen molar-refractivity contribution in [3.63, 3.8) is 0 Å². The fraction of sp³-hybridized carbons (Fsp3) is 0.250. The first-order chi connectivity index (χ1) is 9.20. The number of aromatic nitrogens is 2. The summed E-state index contributed by atoms with van der Waals surface area (Å²) in [5.41, 5.74) is 0.541. The van der Waals surface area contributed by atoms with Gasteiger partial charge >= 0.3 is 0 Å². The van der Waals surface area contributed by atoms with Crippen LogP contribution in [-0.2, 0) is 0 Å². The highest BCUT2D eigenvalue weighted by atomic mass is 35.5. The van der Waals surface area contributed by atoms with Crippen LogP contribution >= 0.6 is 23.1 Å². The quantitative estimate of drug-likeness (QED) is 0.920. The number of carbonyl (C=O) groups is 1. The summed E-state index contributed by atoms with van der Waals surface area (Å²) in [5.74, 6) is 0.315. The van der Waals surface area contributed by atoms with Crippen molar-refractivity contribution in [2.24, 2.45) is 0 Å². The molecule has 0 aliphatic rings.